The van der Waals surface area contributed by atoms with E-state index in [1.54, 1.807) is 4.90 Å². The molecule has 0 radical (unpaired) electrons. The zero-order valence-corrected chi connectivity index (χ0v) is 17.7. The highest BCUT2D eigenvalue weighted by Gasteiger charge is 2.38. The van der Waals surface area contributed by atoms with Gasteiger partial charge in [0, 0.05) is 24.5 Å². The van der Waals surface area contributed by atoms with Gasteiger partial charge in [-0.3, -0.25) is 4.79 Å². The largest absolute Gasteiger partial charge is 0.324 e. The standard InChI is InChI=1S/C23H29FN4O2/c1-22(2,3)16-4-8-19(9-5-16)27-21(30)28-14-12-23(25,13-15-28)20(29)26-18-10-6-17(24)7-11-18/h4-11H,12-15,25H2,1-3H3,(H,26,29)(H,27,30). The molecule has 1 heterocycles. The smallest absolute Gasteiger partial charge is 0.321 e. The van der Waals surface area contributed by atoms with E-state index in [1.807, 2.05) is 24.3 Å². The SMILES string of the molecule is CC(C)(C)c1ccc(NC(=O)N2CCC(N)(C(=O)Nc3ccc(F)cc3)CC2)cc1. The number of carbonyl (C=O) groups excluding carboxylic acids is 2. The monoisotopic (exact) mass is 412 g/mol. The molecule has 0 saturated carbocycles. The summed E-state index contributed by atoms with van der Waals surface area (Å²) in [5.74, 6) is -0.699. The highest BCUT2D eigenvalue weighted by atomic mass is 19.1. The Balaban J connectivity index is 1.54. The summed E-state index contributed by atoms with van der Waals surface area (Å²) in [7, 11) is 0. The molecule has 0 aromatic heterocycles. The molecular formula is C23H29FN4O2. The van der Waals surface area contributed by atoms with Crippen LogP contribution in [0.25, 0.3) is 0 Å². The maximum absolute atomic E-state index is 13.0. The minimum Gasteiger partial charge on any atom is -0.324 e. The molecule has 0 atom stereocenters. The van der Waals surface area contributed by atoms with Crippen molar-refractivity contribution in [3.63, 3.8) is 0 Å². The van der Waals surface area contributed by atoms with Gasteiger partial charge >= 0.3 is 6.03 Å². The number of carbonyl (C=O) groups is 2. The van der Waals surface area contributed by atoms with E-state index in [-0.39, 0.29) is 23.2 Å². The summed E-state index contributed by atoms with van der Waals surface area (Å²) < 4.78 is 13.0. The van der Waals surface area contributed by atoms with E-state index in [0.717, 1.165) is 5.69 Å². The van der Waals surface area contributed by atoms with Gasteiger partial charge in [-0.2, -0.15) is 0 Å². The molecule has 7 heteroatoms. The van der Waals surface area contributed by atoms with Crippen LogP contribution in [0.5, 0.6) is 0 Å². The summed E-state index contributed by atoms with van der Waals surface area (Å²) in [6.07, 6.45) is 0.687. The molecule has 4 N–H and O–H groups in total. The van der Waals surface area contributed by atoms with Crippen LogP contribution in [0.1, 0.15) is 39.2 Å². The first-order valence-corrected chi connectivity index (χ1v) is 10.1. The van der Waals surface area contributed by atoms with Gasteiger partial charge in [-0.05, 0) is 60.2 Å². The van der Waals surface area contributed by atoms with Crippen LogP contribution >= 0.6 is 0 Å². The maximum Gasteiger partial charge on any atom is 0.321 e. The summed E-state index contributed by atoms with van der Waals surface area (Å²) in [4.78, 5) is 26.9. The first kappa shape index (κ1) is 21.8. The number of benzene rings is 2. The van der Waals surface area contributed by atoms with Gasteiger partial charge in [0.05, 0.1) is 5.54 Å². The predicted molar refractivity (Wildman–Crippen MR) is 117 cm³/mol. The first-order valence-electron chi connectivity index (χ1n) is 10.1. The predicted octanol–water partition coefficient (Wildman–Crippen LogP) is 4.09. The number of halogens is 1. The van der Waals surface area contributed by atoms with Gasteiger partial charge in [-0.1, -0.05) is 32.9 Å². The molecule has 160 valence electrons. The summed E-state index contributed by atoms with van der Waals surface area (Å²) in [5.41, 5.74) is 7.70. The summed E-state index contributed by atoms with van der Waals surface area (Å²) in [6.45, 7) is 7.16. The molecule has 1 aliphatic rings. The van der Waals surface area contributed by atoms with Crippen LogP contribution in [0.4, 0.5) is 20.6 Å². The topological polar surface area (TPSA) is 87.5 Å². The molecular weight excluding hydrogens is 383 g/mol. The number of anilines is 2. The normalized spacial score (nSPS) is 16.1. The molecule has 0 bridgehead atoms. The lowest BCUT2D eigenvalue weighted by Crippen LogP contribution is -2.58. The molecule has 2 aromatic rings. The van der Waals surface area contributed by atoms with Crippen LogP contribution in [-0.4, -0.2) is 35.5 Å². The molecule has 1 aliphatic heterocycles. The fourth-order valence-electron chi connectivity index (χ4n) is 3.38. The number of likely N-dealkylation sites (tertiary alicyclic amines) is 1. The second-order valence-electron chi connectivity index (χ2n) is 8.86. The summed E-state index contributed by atoms with van der Waals surface area (Å²) >= 11 is 0. The lowest BCUT2D eigenvalue weighted by atomic mass is 9.87. The van der Waals surface area contributed by atoms with Crippen LogP contribution in [0, 0.1) is 5.82 Å². The average Bonchev–Trinajstić information content (AvgIpc) is 2.70. The Labute approximate surface area is 176 Å². The molecule has 0 unspecified atom stereocenters. The second kappa shape index (κ2) is 8.44. The van der Waals surface area contributed by atoms with Crippen molar-refractivity contribution in [2.75, 3.05) is 23.7 Å². The number of urea groups is 1. The first-order chi connectivity index (χ1) is 14.1. The Morgan fingerprint density at radius 1 is 0.933 bits per heavy atom. The Bertz CT molecular complexity index is 896. The van der Waals surface area contributed by atoms with Gasteiger partial charge in [0.15, 0.2) is 0 Å². The van der Waals surface area contributed by atoms with Crippen LogP contribution < -0.4 is 16.4 Å². The van der Waals surface area contributed by atoms with Crippen molar-refractivity contribution in [2.45, 2.75) is 44.6 Å². The van der Waals surface area contributed by atoms with Crippen molar-refractivity contribution < 1.29 is 14.0 Å². The Morgan fingerprint density at radius 3 is 1.97 bits per heavy atom. The van der Waals surface area contributed by atoms with Crippen molar-refractivity contribution in [3.05, 3.63) is 59.9 Å². The summed E-state index contributed by atoms with van der Waals surface area (Å²) in [6, 6.07) is 13.1. The number of hydrogen-bond donors (Lipinski definition) is 3. The Kier molecular flexibility index (Phi) is 6.12. The van der Waals surface area contributed by atoms with Crippen molar-refractivity contribution in [3.8, 4) is 0 Å². The maximum atomic E-state index is 13.0. The van der Waals surface area contributed by atoms with Gasteiger partial charge in [0.1, 0.15) is 5.82 Å². The van der Waals surface area contributed by atoms with Crippen LogP contribution in [0.3, 0.4) is 0 Å². The van der Waals surface area contributed by atoms with Crippen LogP contribution in [-0.2, 0) is 10.2 Å². The third-order valence-electron chi connectivity index (χ3n) is 5.50. The zero-order valence-electron chi connectivity index (χ0n) is 17.7. The highest BCUT2D eigenvalue weighted by Crippen LogP contribution is 2.25. The number of amides is 3. The molecule has 1 fully saturated rings. The lowest BCUT2D eigenvalue weighted by molar-refractivity contribution is -0.122. The molecule has 0 spiro atoms. The third-order valence-corrected chi connectivity index (χ3v) is 5.50. The molecule has 30 heavy (non-hydrogen) atoms. The number of nitrogens with one attached hydrogen (secondary N) is 2. The molecule has 0 aliphatic carbocycles. The van der Waals surface area contributed by atoms with Crippen molar-refractivity contribution in [2.24, 2.45) is 5.73 Å². The van der Waals surface area contributed by atoms with E-state index in [1.165, 1.54) is 29.8 Å². The lowest BCUT2D eigenvalue weighted by Gasteiger charge is -2.37. The number of hydrogen-bond acceptors (Lipinski definition) is 3. The second-order valence-corrected chi connectivity index (χ2v) is 8.86. The van der Waals surface area contributed by atoms with Crippen LogP contribution in [0.2, 0.25) is 0 Å². The molecule has 3 rings (SSSR count). The van der Waals surface area contributed by atoms with E-state index in [4.69, 9.17) is 5.73 Å². The molecule has 6 nitrogen and oxygen atoms in total. The van der Waals surface area contributed by atoms with E-state index in [2.05, 4.69) is 31.4 Å². The minimum absolute atomic E-state index is 0.0500. The molecule has 3 amide bonds. The van der Waals surface area contributed by atoms with E-state index >= 15 is 0 Å². The zero-order chi connectivity index (χ0) is 21.9. The van der Waals surface area contributed by atoms with Gasteiger partial charge in [-0.25, -0.2) is 9.18 Å². The van der Waals surface area contributed by atoms with E-state index < -0.39 is 5.54 Å². The number of piperidine rings is 1. The van der Waals surface area contributed by atoms with Gasteiger partial charge < -0.3 is 21.3 Å². The van der Waals surface area contributed by atoms with E-state index in [0.29, 0.717) is 31.6 Å². The Hall–Kier alpha value is -2.93. The van der Waals surface area contributed by atoms with Crippen molar-refractivity contribution in [1.82, 2.24) is 4.90 Å². The Morgan fingerprint density at radius 2 is 1.43 bits per heavy atom. The number of nitrogens with two attached hydrogens (primary N) is 1. The number of rotatable bonds is 3. The van der Waals surface area contributed by atoms with Crippen molar-refractivity contribution >= 4 is 23.3 Å². The average molecular weight is 413 g/mol. The van der Waals surface area contributed by atoms with Crippen molar-refractivity contribution in [1.29, 1.82) is 0 Å². The van der Waals surface area contributed by atoms with Gasteiger partial charge in [-0.15, -0.1) is 0 Å². The van der Waals surface area contributed by atoms with E-state index in [9.17, 15) is 14.0 Å². The highest BCUT2D eigenvalue weighted by molar-refractivity contribution is 5.98. The molecule has 1 saturated heterocycles. The number of nitrogens with zero attached hydrogens (tertiary/aromatic N) is 1. The summed E-state index contributed by atoms with van der Waals surface area (Å²) in [5, 5.41) is 5.63. The van der Waals surface area contributed by atoms with Crippen LogP contribution in [0.15, 0.2) is 48.5 Å². The minimum atomic E-state index is -1.07. The quantitative estimate of drug-likeness (QED) is 0.710. The van der Waals surface area contributed by atoms with Gasteiger partial charge in [0.2, 0.25) is 5.91 Å². The van der Waals surface area contributed by atoms with Gasteiger partial charge in [0.25, 0.3) is 0 Å². The third kappa shape index (κ3) is 5.16. The fraction of sp³-hybridized carbons (Fsp3) is 0.391. The molecule has 2 aromatic carbocycles. The fourth-order valence-corrected chi connectivity index (χ4v) is 3.38.